The standard InChI is InChI=1S/C19H26N2O3/c1-19(2)13-15(8-11-24-19)20-18(22)7-10-21-9-6-14-12-16(23-3)4-5-17(14)21/h4-6,9,12,15H,7-8,10-11,13H2,1-3H3,(H,20,22). The van der Waals surface area contributed by atoms with Gasteiger partial charge in [-0.25, -0.2) is 0 Å². The van der Waals surface area contributed by atoms with E-state index in [0.717, 1.165) is 29.5 Å². The number of fused-ring (bicyclic) bond motifs is 1. The number of nitrogens with one attached hydrogen (secondary N) is 1. The maximum absolute atomic E-state index is 12.3. The maximum atomic E-state index is 12.3. The summed E-state index contributed by atoms with van der Waals surface area (Å²) in [4.78, 5) is 12.3. The van der Waals surface area contributed by atoms with Crippen LogP contribution < -0.4 is 10.1 Å². The molecule has 0 aliphatic carbocycles. The van der Waals surface area contributed by atoms with Crippen molar-refractivity contribution in [3.8, 4) is 5.75 Å². The van der Waals surface area contributed by atoms with Crippen LogP contribution in [-0.2, 0) is 16.1 Å². The van der Waals surface area contributed by atoms with Crippen LogP contribution in [0.3, 0.4) is 0 Å². The molecule has 1 aliphatic heterocycles. The number of ether oxygens (including phenoxy) is 2. The van der Waals surface area contributed by atoms with Crippen molar-refractivity contribution in [1.82, 2.24) is 9.88 Å². The van der Waals surface area contributed by atoms with Gasteiger partial charge in [0.2, 0.25) is 5.91 Å². The lowest BCUT2D eigenvalue weighted by Gasteiger charge is -2.35. The predicted molar refractivity (Wildman–Crippen MR) is 94.3 cm³/mol. The quantitative estimate of drug-likeness (QED) is 0.916. The average molecular weight is 330 g/mol. The fourth-order valence-electron chi connectivity index (χ4n) is 3.38. The summed E-state index contributed by atoms with van der Waals surface area (Å²) < 4.78 is 13.1. The van der Waals surface area contributed by atoms with Crippen LogP contribution in [0.15, 0.2) is 30.5 Å². The molecule has 0 bridgehead atoms. The summed E-state index contributed by atoms with van der Waals surface area (Å²) in [5, 5.41) is 4.28. The Hall–Kier alpha value is -2.01. The number of methoxy groups -OCH3 is 1. The van der Waals surface area contributed by atoms with Crippen molar-refractivity contribution in [2.75, 3.05) is 13.7 Å². The van der Waals surface area contributed by atoms with Crippen LogP contribution in [0, 0.1) is 0 Å². The minimum Gasteiger partial charge on any atom is -0.497 e. The van der Waals surface area contributed by atoms with E-state index in [2.05, 4.69) is 29.8 Å². The second-order valence-electron chi connectivity index (χ2n) is 7.05. The number of aromatic nitrogens is 1. The molecule has 0 saturated carbocycles. The molecule has 1 aromatic heterocycles. The first-order valence-electron chi connectivity index (χ1n) is 8.53. The molecular formula is C19H26N2O3. The van der Waals surface area contributed by atoms with E-state index in [1.165, 1.54) is 0 Å². The van der Waals surface area contributed by atoms with Gasteiger partial charge in [-0.3, -0.25) is 4.79 Å². The number of hydrogen-bond donors (Lipinski definition) is 1. The molecule has 1 atom stereocenters. The normalized spacial score (nSPS) is 20.0. The number of amides is 1. The van der Waals surface area contributed by atoms with Gasteiger partial charge in [0.1, 0.15) is 5.75 Å². The van der Waals surface area contributed by atoms with Gasteiger partial charge in [-0.05, 0) is 51.0 Å². The first-order valence-corrected chi connectivity index (χ1v) is 8.53. The lowest BCUT2D eigenvalue weighted by molar-refractivity contribution is -0.124. The Bertz CT molecular complexity index is 720. The molecule has 5 heteroatoms. The lowest BCUT2D eigenvalue weighted by Crippen LogP contribution is -2.45. The summed E-state index contributed by atoms with van der Waals surface area (Å²) in [6.07, 6.45) is 4.26. The molecule has 3 rings (SSSR count). The van der Waals surface area contributed by atoms with Crippen molar-refractivity contribution < 1.29 is 14.3 Å². The minimum absolute atomic E-state index is 0.105. The second-order valence-corrected chi connectivity index (χ2v) is 7.05. The topological polar surface area (TPSA) is 52.5 Å². The van der Waals surface area contributed by atoms with Crippen LogP contribution in [0.25, 0.3) is 10.9 Å². The Morgan fingerprint density at radius 1 is 1.42 bits per heavy atom. The van der Waals surface area contributed by atoms with E-state index in [9.17, 15) is 4.79 Å². The van der Waals surface area contributed by atoms with Crippen molar-refractivity contribution in [3.63, 3.8) is 0 Å². The van der Waals surface area contributed by atoms with Gasteiger partial charge in [-0.2, -0.15) is 0 Å². The minimum atomic E-state index is -0.147. The van der Waals surface area contributed by atoms with Crippen LogP contribution in [-0.4, -0.2) is 35.8 Å². The van der Waals surface area contributed by atoms with E-state index in [4.69, 9.17) is 9.47 Å². The third kappa shape index (κ3) is 3.90. The van der Waals surface area contributed by atoms with Gasteiger partial charge in [-0.1, -0.05) is 0 Å². The molecule has 1 saturated heterocycles. The Morgan fingerprint density at radius 2 is 2.25 bits per heavy atom. The van der Waals surface area contributed by atoms with Gasteiger partial charge in [0.25, 0.3) is 0 Å². The highest BCUT2D eigenvalue weighted by Gasteiger charge is 2.29. The third-order valence-corrected chi connectivity index (χ3v) is 4.62. The summed E-state index contributed by atoms with van der Waals surface area (Å²) in [7, 11) is 1.67. The maximum Gasteiger partial charge on any atom is 0.222 e. The molecular weight excluding hydrogens is 304 g/mol. The average Bonchev–Trinajstić information content (AvgIpc) is 2.94. The van der Waals surface area contributed by atoms with Gasteiger partial charge < -0.3 is 19.4 Å². The van der Waals surface area contributed by atoms with E-state index in [-0.39, 0.29) is 17.6 Å². The van der Waals surface area contributed by atoms with Gasteiger partial charge in [0.05, 0.1) is 12.7 Å². The molecule has 2 heterocycles. The Morgan fingerprint density at radius 3 is 3.00 bits per heavy atom. The molecule has 0 spiro atoms. The molecule has 1 amide bonds. The first-order chi connectivity index (χ1) is 11.5. The van der Waals surface area contributed by atoms with Gasteiger partial charge >= 0.3 is 0 Å². The van der Waals surface area contributed by atoms with Crippen molar-refractivity contribution in [2.24, 2.45) is 0 Å². The largest absolute Gasteiger partial charge is 0.497 e. The first kappa shape index (κ1) is 16.8. The summed E-state index contributed by atoms with van der Waals surface area (Å²) in [5.41, 5.74) is 0.974. The molecule has 1 aliphatic rings. The second kappa shape index (κ2) is 6.85. The van der Waals surface area contributed by atoms with Gasteiger partial charge in [0.15, 0.2) is 0 Å². The molecule has 0 radical (unpaired) electrons. The molecule has 5 nitrogen and oxygen atoms in total. The van der Waals surface area contributed by atoms with E-state index in [0.29, 0.717) is 19.6 Å². The van der Waals surface area contributed by atoms with Crippen LogP contribution in [0.1, 0.15) is 33.1 Å². The van der Waals surface area contributed by atoms with E-state index in [1.807, 2.05) is 24.4 Å². The van der Waals surface area contributed by atoms with Crippen molar-refractivity contribution >= 4 is 16.8 Å². The van der Waals surface area contributed by atoms with Crippen molar-refractivity contribution in [1.29, 1.82) is 0 Å². The summed E-state index contributed by atoms with van der Waals surface area (Å²) in [6, 6.07) is 8.26. The number of benzene rings is 1. The summed E-state index contributed by atoms with van der Waals surface area (Å²) in [5.74, 6) is 0.952. The van der Waals surface area contributed by atoms with Crippen molar-refractivity contribution in [3.05, 3.63) is 30.5 Å². The number of rotatable bonds is 5. The Balaban J connectivity index is 1.56. The number of carbonyl (C=O) groups is 1. The highest BCUT2D eigenvalue weighted by molar-refractivity contribution is 5.82. The lowest BCUT2D eigenvalue weighted by atomic mass is 9.94. The summed E-state index contributed by atoms with van der Waals surface area (Å²) >= 11 is 0. The van der Waals surface area contributed by atoms with E-state index >= 15 is 0 Å². The SMILES string of the molecule is COc1ccc2c(ccn2CCC(=O)NC2CCOC(C)(C)C2)c1. The fraction of sp³-hybridized carbons (Fsp3) is 0.526. The molecule has 130 valence electrons. The number of carbonyl (C=O) groups excluding carboxylic acids is 1. The van der Waals surface area contributed by atoms with Crippen LogP contribution in [0.5, 0.6) is 5.75 Å². The van der Waals surface area contributed by atoms with Crippen molar-refractivity contribution in [2.45, 2.75) is 51.3 Å². The molecule has 1 aromatic carbocycles. The fourth-order valence-corrected chi connectivity index (χ4v) is 3.38. The zero-order valence-corrected chi connectivity index (χ0v) is 14.7. The molecule has 1 N–H and O–H groups in total. The third-order valence-electron chi connectivity index (χ3n) is 4.62. The zero-order valence-electron chi connectivity index (χ0n) is 14.7. The number of hydrogen-bond acceptors (Lipinski definition) is 3. The van der Waals surface area contributed by atoms with Crippen LogP contribution in [0.2, 0.25) is 0 Å². The smallest absolute Gasteiger partial charge is 0.222 e. The molecule has 24 heavy (non-hydrogen) atoms. The number of nitrogens with zero attached hydrogens (tertiary/aromatic N) is 1. The highest BCUT2D eigenvalue weighted by atomic mass is 16.5. The summed E-state index contributed by atoms with van der Waals surface area (Å²) in [6.45, 7) is 5.54. The van der Waals surface area contributed by atoms with Gasteiger partial charge in [0, 0.05) is 42.7 Å². The molecule has 2 aromatic rings. The Kier molecular flexibility index (Phi) is 4.81. The molecule has 1 fully saturated rings. The monoisotopic (exact) mass is 330 g/mol. The number of aryl methyl sites for hydroxylation is 1. The zero-order chi connectivity index (χ0) is 17.2. The van der Waals surface area contributed by atoms with Gasteiger partial charge in [-0.15, -0.1) is 0 Å². The highest BCUT2D eigenvalue weighted by Crippen LogP contribution is 2.24. The Labute approximate surface area is 142 Å². The van der Waals surface area contributed by atoms with E-state index < -0.39 is 0 Å². The van der Waals surface area contributed by atoms with Crippen LogP contribution in [0.4, 0.5) is 0 Å². The molecule has 1 unspecified atom stereocenters. The van der Waals surface area contributed by atoms with Crippen LogP contribution >= 0.6 is 0 Å². The van der Waals surface area contributed by atoms with E-state index in [1.54, 1.807) is 7.11 Å². The predicted octanol–water partition coefficient (Wildman–Crippen LogP) is 3.11.